The summed E-state index contributed by atoms with van der Waals surface area (Å²) in [6, 6.07) is 0. The summed E-state index contributed by atoms with van der Waals surface area (Å²) in [6.45, 7) is 2.32. The zero-order valence-corrected chi connectivity index (χ0v) is 11.9. The molecule has 108 valence electrons. The highest BCUT2D eigenvalue weighted by atomic mass is 16.3. The van der Waals surface area contributed by atoms with Gasteiger partial charge in [-0.25, -0.2) is 4.52 Å². The highest BCUT2D eigenvalue weighted by Crippen LogP contribution is 2.09. The molecule has 0 saturated carbocycles. The minimum Gasteiger partial charge on any atom is -0.387 e. The van der Waals surface area contributed by atoms with Crippen LogP contribution in [-0.2, 0) is 0 Å². The number of carbonyl (C=O) groups is 1. The van der Waals surface area contributed by atoms with Gasteiger partial charge in [0.25, 0.3) is 5.91 Å². The van der Waals surface area contributed by atoms with Crippen LogP contribution in [0.1, 0.15) is 17.3 Å². The number of hydrogen-bond donors (Lipinski definition) is 2. The van der Waals surface area contributed by atoms with Gasteiger partial charge in [0.2, 0.25) is 0 Å². The van der Waals surface area contributed by atoms with E-state index < -0.39 is 5.60 Å². The van der Waals surface area contributed by atoms with Crippen molar-refractivity contribution in [3.63, 3.8) is 0 Å². The molecular formula is C13H19N5O2. The van der Waals surface area contributed by atoms with Crippen molar-refractivity contribution in [3.05, 3.63) is 30.4 Å². The molecule has 1 unspecified atom stereocenters. The average Bonchev–Trinajstić information content (AvgIpc) is 2.78. The summed E-state index contributed by atoms with van der Waals surface area (Å²) in [5.74, 6) is -0.271. The van der Waals surface area contributed by atoms with Gasteiger partial charge >= 0.3 is 0 Å². The van der Waals surface area contributed by atoms with Crippen molar-refractivity contribution >= 4 is 11.4 Å². The quantitative estimate of drug-likeness (QED) is 0.789. The van der Waals surface area contributed by atoms with Crippen LogP contribution < -0.4 is 5.32 Å². The van der Waals surface area contributed by atoms with Crippen molar-refractivity contribution in [2.75, 3.05) is 27.2 Å². The van der Waals surface area contributed by atoms with Crippen LogP contribution >= 0.6 is 0 Å². The van der Waals surface area contributed by atoms with E-state index in [0.717, 1.165) is 0 Å². The van der Waals surface area contributed by atoms with Crippen molar-refractivity contribution < 1.29 is 9.90 Å². The Morgan fingerprint density at radius 3 is 2.95 bits per heavy atom. The molecule has 20 heavy (non-hydrogen) atoms. The van der Waals surface area contributed by atoms with Gasteiger partial charge in [0.05, 0.1) is 29.1 Å². The Bertz CT molecular complexity index is 606. The van der Waals surface area contributed by atoms with Gasteiger partial charge in [-0.05, 0) is 21.0 Å². The lowest BCUT2D eigenvalue weighted by Crippen LogP contribution is -2.47. The fraction of sp³-hybridized carbons (Fsp3) is 0.462. The van der Waals surface area contributed by atoms with Gasteiger partial charge in [0, 0.05) is 25.5 Å². The number of amides is 1. The predicted molar refractivity (Wildman–Crippen MR) is 74.5 cm³/mol. The number of aromatic nitrogens is 3. The van der Waals surface area contributed by atoms with Crippen molar-refractivity contribution in [3.8, 4) is 0 Å². The van der Waals surface area contributed by atoms with Crippen LogP contribution in [0.2, 0.25) is 0 Å². The van der Waals surface area contributed by atoms with E-state index in [9.17, 15) is 9.90 Å². The molecular weight excluding hydrogens is 258 g/mol. The second-order valence-electron chi connectivity index (χ2n) is 5.38. The van der Waals surface area contributed by atoms with Crippen LogP contribution in [0.3, 0.4) is 0 Å². The van der Waals surface area contributed by atoms with E-state index in [-0.39, 0.29) is 12.5 Å². The molecule has 2 heterocycles. The van der Waals surface area contributed by atoms with E-state index in [4.69, 9.17) is 0 Å². The number of hydrogen-bond acceptors (Lipinski definition) is 5. The second-order valence-corrected chi connectivity index (χ2v) is 5.38. The lowest BCUT2D eigenvalue weighted by Gasteiger charge is -2.26. The molecule has 0 aliphatic rings. The zero-order valence-electron chi connectivity index (χ0n) is 11.9. The van der Waals surface area contributed by atoms with E-state index in [2.05, 4.69) is 15.4 Å². The highest BCUT2D eigenvalue weighted by Gasteiger charge is 2.23. The summed E-state index contributed by atoms with van der Waals surface area (Å²) >= 11 is 0. The molecule has 0 radical (unpaired) electrons. The van der Waals surface area contributed by atoms with Gasteiger partial charge in [-0.2, -0.15) is 5.10 Å². The molecule has 1 atom stereocenters. The maximum atomic E-state index is 12.1. The Morgan fingerprint density at radius 1 is 1.50 bits per heavy atom. The summed E-state index contributed by atoms with van der Waals surface area (Å²) in [6.07, 6.45) is 6.35. The average molecular weight is 277 g/mol. The number of nitrogens with one attached hydrogen (secondary N) is 1. The fourth-order valence-corrected chi connectivity index (χ4v) is 2.11. The van der Waals surface area contributed by atoms with E-state index >= 15 is 0 Å². The maximum Gasteiger partial charge on any atom is 0.255 e. The van der Waals surface area contributed by atoms with E-state index in [1.165, 1.54) is 6.20 Å². The molecule has 2 rings (SSSR count). The van der Waals surface area contributed by atoms with Crippen LogP contribution in [0, 0.1) is 0 Å². The molecule has 0 bridgehead atoms. The third-order valence-electron chi connectivity index (χ3n) is 2.86. The van der Waals surface area contributed by atoms with Gasteiger partial charge in [-0.15, -0.1) is 0 Å². The highest BCUT2D eigenvalue weighted by molar-refractivity contribution is 6.00. The molecule has 7 heteroatoms. The van der Waals surface area contributed by atoms with Gasteiger partial charge < -0.3 is 15.3 Å². The Labute approximate surface area is 117 Å². The molecule has 2 N–H and O–H groups in total. The molecule has 2 aromatic rings. The lowest BCUT2D eigenvalue weighted by molar-refractivity contribution is 0.0326. The largest absolute Gasteiger partial charge is 0.387 e. The lowest BCUT2D eigenvalue weighted by atomic mass is 10.1. The Hall–Kier alpha value is -1.99. The van der Waals surface area contributed by atoms with Crippen molar-refractivity contribution in [1.82, 2.24) is 24.8 Å². The molecule has 0 aromatic carbocycles. The number of carbonyl (C=O) groups excluding carboxylic acids is 1. The number of rotatable bonds is 5. The number of fused-ring (bicyclic) bond motifs is 1. The first-order chi connectivity index (χ1) is 9.39. The first-order valence-electron chi connectivity index (χ1n) is 6.32. The Morgan fingerprint density at radius 2 is 2.25 bits per heavy atom. The van der Waals surface area contributed by atoms with Gasteiger partial charge in [0.15, 0.2) is 0 Å². The van der Waals surface area contributed by atoms with Crippen LogP contribution in [0.4, 0.5) is 0 Å². The standard InChI is InChI=1S/C13H19N5O2/c1-13(20,9-17(2)3)8-15-12(19)10-6-16-18-5-4-14-7-11(10)18/h4-7,20H,8-9H2,1-3H3,(H,15,19). The Kier molecular flexibility index (Phi) is 4.01. The molecule has 0 spiro atoms. The Balaban J connectivity index is 2.06. The predicted octanol–water partition coefficient (Wildman–Crippen LogP) is -0.228. The molecule has 0 aliphatic carbocycles. The monoisotopic (exact) mass is 277 g/mol. The number of likely N-dealkylation sites (N-methyl/N-ethyl adjacent to an activating group) is 1. The van der Waals surface area contributed by atoms with Gasteiger partial charge in [-0.1, -0.05) is 0 Å². The molecule has 0 aliphatic heterocycles. The summed E-state index contributed by atoms with van der Waals surface area (Å²) in [5.41, 5.74) is 0.0939. The van der Waals surface area contributed by atoms with Crippen LogP contribution in [0.25, 0.3) is 5.52 Å². The topological polar surface area (TPSA) is 82.8 Å². The smallest absolute Gasteiger partial charge is 0.255 e. The molecule has 2 aromatic heterocycles. The van der Waals surface area contributed by atoms with Crippen LogP contribution in [0.15, 0.2) is 24.8 Å². The van der Waals surface area contributed by atoms with Crippen molar-refractivity contribution in [1.29, 1.82) is 0 Å². The summed E-state index contributed by atoms with van der Waals surface area (Å²) in [7, 11) is 3.74. The van der Waals surface area contributed by atoms with Crippen LogP contribution in [0.5, 0.6) is 0 Å². The summed E-state index contributed by atoms with van der Waals surface area (Å²) in [5, 5.41) is 17.0. The van der Waals surface area contributed by atoms with Crippen LogP contribution in [-0.4, -0.2) is 63.3 Å². The summed E-state index contributed by atoms with van der Waals surface area (Å²) < 4.78 is 1.58. The normalized spacial score (nSPS) is 14.4. The van der Waals surface area contributed by atoms with Crippen molar-refractivity contribution in [2.24, 2.45) is 0 Å². The van der Waals surface area contributed by atoms with Gasteiger partial charge in [-0.3, -0.25) is 9.78 Å². The number of nitrogens with zero attached hydrogens (tertiary/aromatic N) is 4. The zero-order chi connectivity index (χ0) is 14.8. The number of aliphatic hydroxyl groups is 1. The molecule has 0 saturated heterocycles. The minimum absolute atomic E-state index is 0.168. The van der Waals surface area contributed by atoms with E-state index in [1.807, 2.05) is 19.0 Å². The van der Waals surface area contributed by atoms with Gasteiger partial charge in [0.1, 0.15) is 0 Å². The first kappa shape index (κ1) is 14.4. The first-order valence-corrected chi connectivity index (χ1v) is 6.32. The fourth-order valence-electron chi connectivity index (χ4n) is 2.11. The third kappa shape index (κ3) is 3.31. The van der Waals surface area contributed by atoms with E-state index in [0.29, 0.717) is 17.6 Å². The molecule has 0 fully saturated rings. The van der Waals surface area contributed by atoms with E-state index in [1.54, 1.807) is 30.0 Å². The minimum atomic E-state index is -0.986. The molecule has 7 nitrogen and oxygen atoms in total. The third-order valence-corrected chi connectivity index (χ3v) is 2.86. The maximum absolute atomic E-state index is 12.1. The SMILES string of the molecule is CN(C)CC(C)(O)CNC(=O)c1cnn2ccncc12. The summed E-state index contributed by atoms with van der Waals surface area (Å²) in [4.78, 5) is 18.0. The second kappa shape index (κ2) is 5.56. The van der Waals surface area contributed by atoms with Crippen molar-refractivity contribution in [2.45, 2.75) is 12.5 Å². The molecule has 1 amide bonds.